The fraction of sp³-hybridized carbons (Fsp3) is 0.500. The Kier molecular flexibility index (Phi) is 10.7. The number of hydrogen-bond acceptors (Lipinski definition) is 2. The molecule has 2 rings (SSSR count). The highest BCUT2D eigenvalue weighted by Gasteiger charge is 2.50. The van der Waals surface area contributed by atoms with E-state index in [1.807, 2.05) is 0 Å². The molecule has 0 atom stereocenters. The molecule has 2 nitrogen and oxygen atoms in total. The van der Waals surface area contributed by atoms with Gasteiger partial charge < -0.3 is 8.85 Å². The van der Waals surface area contributed by atoms with Crippen LogP contribution in [0.15, 0.2) is 84.0 Å². The van der Waals surface area contributed by atoms with E-state index in [0.29, 0.717) is 6.61 Å². The van der Waals surface area contributed by atoms with Crippen LogP contribution in [0, 0.1) is 0 Å². The molecule has 198 valence electrons. The van der Waals surface area contributed by atoms with Crippen molar-refractivity contribution in [2.45, 2.75) is 91.4 Å². The van der Waals surface area contributed by atoms with E-state index < -0.39 is 16.6 Å². The van der Waals surface area contributed by atoms with Crippen LogP contribution in [0.2, 0.25) is 23.2 Å². The quantitative estimate of drug-likeness (QED) is 0.168. The third-order valence-electron chi connectivity index (χ3n) is 7.66. The average molecular weight is 523 g/mol. The van der Waals surface area contributed by atoms with Crippen LogP contribution < -0.4 is 10.4 Å². The highest BCUT2D eigenvalue weighted by Crippen LogP contribution is 2.38. The number of rotatable bonds is 11. The molecule has 0 unspecified atom stereocenters. The van der Waals surface area contributed by atoms with Gasteiger partial charge in [0.2, 0.25) is 0 Å². The first-order chi connectivity index (χ1) is 16.7. The van der Waals surface area contributed by atoms with Crippen LogP contribution >= 0.6 is 0 Å². The smallest absolute Gasteiger partial charge is 0.261 e. The van der Waals surface area contributed by atoms with Gasteiger partial charge in [0.25, 0.3) is 8.32 Å². The molecular weight excluding hydrogens is 473 g/mol. The Balaban J connectivity index is 2.19. The van der Waals surface area contributed by atoms with E-state index in [9.17, 15) is 0 Å². The Morgan fingerprint density at radius 1 is 0.778 bits per heavy atom. The second-order valence-electron chi connectivity index (χ2n) is 12.5. The minimum atomic E-state index is -2.54. The van der Waals surface area contributed by atoms with Gasteiger partial charge in [0.15, 0.2) is 8.32 Å². The van der Waals surface area contributed by atoms with E-state index in [1.54, 1.807) is 0 Å². The molecule has 0 N–H and O–H groups in total. The number of allylic oxidation sites excluding steroid dienone is 2. The lowest BCUT2D eigenvalue weighted by Crippen LogP contribution is -2.66. The van der Waals surface area contributed by atoms with E-state index in [2.05, 4.69) is 141 Å². The zero-order valence-corrected chi connectivity index (χ0v) is 26.6. The van der Waals surface area contributed by atoms with Crippen molar-refractivity contribution in [2.24, 2.45) is 0 Å². The molecule has 0 amide bonds. The molecule has 0 aliphatic rings. The van der Waals surface area contributed by atoms with Gasteiger partial charge >= 0.3 is 0 Å². The first kappa shape index (κ1) is 30.5. The third kappa shape index (κ3) is 7.64. The van der Waals surface area contributed by atoms with Crippen molar-refractivity contribution >= 4 is 27.0 Å². The van der Waals surface area contributed by atoms with Crippen molar-refractivity contribution < 1.29 is 8.85 Å². The van der Waals surface area contributed by atoms with Crippen LogP contribution in [0.4, 0.5) is 0 Å². The average Bonchev–Trinajstić information content (AvgIpc) is 2.81. The molecule has 0 aliphatic carbocycles. The molecule has 0 radical (unpaired) electrons. The normalized spacial score (nSPS) is 14.3. The fourth-order valence-corrected chi connectivity index (χ4v) is 10.1. The molecule has 0 fully saturated rings. The Hall–Kier alpha value is -1.73. The summed E-state index contributed by atoms with van der Waals surface area (Å²) in [7, 11) is -4.21. The minimum absolute atomic E-state index is 0.0194. The second-order valence-corrected chi connectivity index (χ2v) is 21.6. The Bertz CT molecular complexity index is 954. The van der Waals surface area contributed by atoms with Gasteiger partial charge in [-0.1, -0.05) is 120 Å². The summed E-state index contributed by atoms with van der Waals surface area (Å²) in [4.78, 5) is 0. The fourth-order valence-electron chi connectivity index (χ4n) is 4.45. The molecule has 4 heteroatoms. The lowest BCUT2D eigenvalue weighted by Gasteiger charge is -2.43. The summed E-state index contributed by atoms with van der Waals surface area (Å²) < 4.78 is 13.5. The number of hydrogen-bond donors (Lipinski definition) is 0. The van der Waals surface area contributed by atoms with E-state index in [0.717, 1.165) is 19.4 Å². The highest BCUT2D eigenvalue weighted by molar-refractivity contribution is 6.99. The zero-order chi connectivity index (χ0) is 27.0. The second kappa shape index (κ2) is 12.7. The van der Waals surface area contributed by atoms with Crippen molar-refractivity contribution in [3.63, 3.8) is 0 Å². The van der Waals surface area contributed by atoms with E-state index >= 15 is 0 Å². The Morgan fingerprint density at radius 3 is 1.69 bits per heavy atom. The van der Waals surface area contributed by atoms with Crippen LogP contribution in [-0.4, -0.2) is 29.8 Å². The minimum Gasteiger partial charge on any atom is -0.417 e. The van der Waals surface area contributed by atoms with Gasteiger partial charge in [-0.05, 0) is 65.8 Å². The van der Waals surface area contributed by atoms with Crippen LogP contribution in [-0.2, 0) is 8.85 Å². The standard InChI is InChI=1S/C32H50O2Si2/c1-11-28(25-27(2)19-18-24-33-35(9,10)31(3,4)5)26-34-36(32(6,7)8,29-20-14-12-15-21-29)30-22-16-13-17-23-30/h11-17,20-23,25H,18-19,24,26H2,1-10H3/b27-25+,28-11-. The molecule has 36 heavy (non-hydrogen) atoms. The van der Waals surface area contributed by atoms with Gasteiger partial charge in [0.1, 0.15) is 0 Å². The molecule has 0 spiro atoms. The lowest BCUT2D eigenvalue weighted by molar-refractivity contribution is 0.282. The van der Waals surface area contributed by atoms with Gasteiger partial charge in [-0.3, -0.25) is 0 Å². The maximum absolute atomic E-state index is 7.13. The highest BCUT2D eigenvalue weighted by atomic mass is 28.4. The van der Waals surface area contributed by atoms with Crippen molar-refractivity contribution in [1.82, 2.24) is 0 Å². The molecule has 0 aliphatic heterocycles. The largest absolute Gasteiger partial charge is 0.417 e. The molecule has 2 aromatic carbocycles. The molecular formula is C32H50O2Si2. The maximum Gasteiger partial charge on any atom is 0.261 e. The summed E-state index contributed by atoms with van der Waals surface area (Å²) in [6.45, 7) is 24.4. The van der Waals surface area contributed by atoms with E-state index in [-0.39, 0.29) is 10.1 Å². The zero-order valence-electron chi connectivity index (χ0n) is 24.6. The SMILES string of the molecule is C/C=C(/C=C(\C)CCCO[Si](C)(C)C(C)(C)C)CO[Si](c1ccccc1)(c1ccccc1)C(C)(C)C. The van der Waals surface area contributed by atoms with Crippen molar-refractivity contribution in [3.05, 3.63) is 84.0 Å². The maximum atomic E-state index is 7.13. The van der Waals surface area contributed by atoms with E-state index in [1.165, 1.54) is 21.5 Å². The molecule has 0 aromatic heterocycles. The Labute approximate surface area is 224 Å². The number of benzene rings is 2. The molecule has 0 heterocycles. The van der Waals surface area contributed by atoms with Gasteiger partial charge in [0, 0.05) is 6.61 Å². The predicted octanol–water partition coefficient (Wildman–Crippen LogP) is 8.26. The van der Waals surface area contributed by atoms with Crippen LogP contribution in [0.1, 0.15) is 68.2 Å². The summed E-state index contributed by atoms with van der Waals surface area (Å²) in [5, 5.41) is 2.88. The summed E-state index contributed by atoms with van der Waals surface area (Å²) in [5.74, 6) is 0. The third-order valence-corrected chi connectivity index (χ3v) is 17.2. The first-order valence-corrected chi connectivity index (χ1v) is 18.3. The lowest BCUT2D eigenvalue weighted by atomic mass is 10.1. The topological polar surface area (TPSA) is 18.5 Å². The first-order valence-electron chi connectivity index (χ1n) is 13.5. The van der Waals surface area contributed by atoms with Crippen LogP contribution in [0.3, 0.4) is 0 Å². The van der Waals surface area contributed by atoms with Crippen molar-refractivity contribution in [3.8, 4) is 0 Å². The molecule has 0 bridgehead atoms. The van der Waals surface area contributed by atoms with Gasteiger partial charge in [0.05, 0.1) is 6.61 Å². The summed E-state index contributed by atoms with van der Waals surface area (Å²) in [5.41, 5.74) is 2.62. The van der Waals surface area contributed by atoms with Gasteiger partial charge in [-0.25, -0.2) is 0 Å². The predicted molar refractivity (Wildman–Crippen MR) is 163 cm³/mol. The summed E-state index contributed by atoms with van der Waals surface area (Å²) >= 11 is 0. The Morgan fingerprint density at radius 2 is 1.28 bits per heavy atom. The summed E-state index contributed by atoms with van der Waals surface area (Å²) in [6, 6.07) is 21.8. The molecule has 0 saturated carbocycles. The van der Waals surface area contributed by atoms with Gasteiger partial charge in [-0.2, -0.15) is 0 Å². The van der Waals surface area contributed by atoms with Crippen LogP contribution in [0.5, 0.6) is 0 Å². The van der Waals surface area contributed by atoms with Crippen LogP contribution in [0.25, 0.3) is 0 Å². The van der Waals surface area contributed by atoms with Crippen molar-refractivity contribution in [2.75, 3.05) is 13.2 Å². The molecule has 2 aromatic rings. The van der Waals surface area contributed by atoms with Crippen molar-refractivity contribution in [1.29, 1.82) is 0 Å². The van der Waals surface area contributed by atoms with Gasteiger partial charge in [-0.15, -0.1) is 0 Å². The van der Waals surface area contributed by atoms with E-state index in [4.69, 9.17) is 8.85 Å². The monoisotopic (exact) mass is 522 g/mol. The molecule has 0 saturated heterocycles. The summed E-state index contributed by atoms with van der Waals surface area (Å²) in [6.07, 6.45) is 6.63.